The second kappa shape index (κ2) is 4.79. The summed E-state index contributed by atoms with van der Waals surface area (Å²) in [7, 11) is 4.21. The molecule has 3 atom stereocenters. The SMILES string of the molecule is CC1CN(CC(N)(C(N)=O)C2CC2)CC1N(C)C. The standard InChI is InChI=1S/C13H26N4O/c1-9-6-17(7-11(9)16(2)3)8-13(15,12(14)18)10-4-5-10/h9-11H,4-8,15H2,1-3H3,(H2,14,18). The molecule has 0 radical (unpaired) electrons. The zero-order chi connectivity index (χ0) is 13.5. The van der Waals surface area contributed by atoms with Gasteiger partial charge in [-0.3, -0.25) is 9.69 Å². The zero-order valence-corrected chi connectivity index (χ0v) is 11.7. The number of nitrogens with zero attached hydrogens (tertiary/aromatic N) is 2. The van der Waals surface area contributed by atoms with E-state index in [1.165, 1.54) is 0 Å². The van der Waals surface area contributed by atoms with Gasteiger partial charge in [-0.1, -0.05) is 6.92 Å². The van der Waals surface area contributed by atoms with Crippen LogP contribution in [0.5, 0.6) is 0 Å². The highest BCUT2D eigenvalue weighted by Crippen LogP contribution is 2.39. The molecule has 0 bridgehead atoms. The van der Waals surface area contributed by atoms with Gasteiger partial charge in [-0.05, 0) is 38.8 Å². The molecule has 18 heavy (non-hydrogen) atoms. The van der Waals surface area contributed by atoms with Crippen molar-refractivity contribution >= 4 is 5.91 Å². The van der Waals surface area contributed by atoms with Crippen LogP contribution in [0.3, 0.4) is 0 Å². The Morgan fingerprint density at radius 3 is 2.39 bits per heavy atom. The number of carbonyl (C=O) groups excluding carboxylic acids is 1. The number of rotatable bonds is 5. The van der Waals surface area contributed by atoms with Gasteiger partial charge in [0.15, 0.2) is 0 Å². The van der Waals surface area contributed by atoms with Crippen molar-refractivity contribution in [2.45, 2.75) is 31.3 Å². The topological polar surface area (TPSA) is 75.6 Å². The number of likely N-dealkylation sites (N-methyl/N-ethyl adjacent to an activating group) is 1. The molecule has 1 amide bonds. The molecule has 1 saturated carbocycles. The lowest BCUT2D eigenvalue weighted by atomic mass is 9.93. The molecule has 2 fully saturated rings. The lowest BCUT2D eigenvalue weighted by Gasteiger charge is -2.31. The van der Waals surface area contributed by atoms with Crippen LogP contribution in [0.4, 0.5) is 0 Å². The Morgan fingerprint density at radius 2 is 2.00 bits per heavy atom. The number of hydrogen-bond donors (Lipinski definition) is 2. The lowest BCUT2D eigenvalue weighted by Crippen LogP contribution is -2.60. The third-order valence-corrected chi connectivity index (χ3v) is 4.56. The number of primary amides is 1. The summed E-state index contributed by atoms with van der Waals surface area (Å²) in [5.41, 5.74) is 11.0. The highest BCUT2D eigenvalue weighted by atomic mass is 16.1. The maximum absolute atomic E-state index is 11.6. The van der Waals surface area contributed by atoms with Crippen LogP contribution in [0.1, 0.15) is 19.8 Å². The number of amides is 1. The molecule has 0 aromatic heterocycles. The van der Waals surface area contributed by atoms with Crippen molar-refractivity contribution in [1.29, 1.82) is 0 Å². The van der Waals surface area contributed by atoms with E-state index in [-0.39, 0.29) is 5.91 Å². The van der Waals surface area contributed by atoms with Crippen molar-refractivity contribution in [3.05, 3.63) is 0 Å². The predicted octanol–water partition coefficient (Wildman–Crippen LogP) is -0.539. The Bertz CT molecular complexity index is 329. The molecule has 2 rings (SSSR count). The summed E-state index contributed by atoms with van der Waals surface area (Å²) in [4.78, 5) is 16.2. The van der Waals surface area contributed by atoms with Gasteiger partial charge in [-0.2, -0.15) is 0 Å². The van der Waals surface area contributed by atoms with Crippen LogP contribution in [-0.2, 0) is 4.79 Å². The monoisotopic (exact) mass is 254 g/mol. The van der Waals surface area contributed by atoms with Crippen molar-refractivity contribution in [2.24, 2.45) is 23.3 Å². The van der Waals surface area contributed by atoms with E-state index >= 15 is 0 Å². The molecule has 1 aliphatic carbocycles. The minimum absolute atomic E-state index is 0.295. The summed E-state index contributed by atoms with van der Waals surface area (Å²) < 4.78 is 0. The quantitative estimate of drug-likeness (QED) is 0.691. The van der Waals surface area contributed by atoms with E-state index in [1.807, 2.05) is 0 Å². The molecule has 0 spiro atoms. The Morgan fingerprint density at radius 1 is 1.39 bits per heavy atom. The van der Waals surface area contributed by atoms with Gasteiger partial charge in [-0.15, -0.1) is 0 Å². The average molecular weight is 254 g/mol. The molecule has 0 aromatic carbocycles. The van der Waals surface area contributed by atoms with Crippen LogP contribution in [0.2, 0.25) is 0 Å². The highest BCUT2D eigenvalue weighted by molar-refractivity contribution is 5.85. The minimum Gasteiger partial charge on any atom is -0.368 e. The van der Waals surface area contributed by atoms with Gasteiger partial charge in [0.1, 0.15) is 5.54 Å². The molecule has 1 saturated heterocycles. The first-order chi connectivity index (χ1) is 8.34. The van der Waals surface area contributed by atoms with Gasteiger partial charge in [0.2, 0.25) is 5.91 Å². The normalized spacial score (nSPS) is 32.7. The van der Waals surface area contributed by atoms with E-state index in [4.69, 9.17) is 11.5 Å². The Kier molecular flexibility index (Phi) is 3.67. The van der Waals surface area contributed by atoms with Gasteiger partial charge >= 0.3 is 0 Å². The third-order valence-electron chi connectivity index (χ3n) is 4.56. The van der Waals surface area contributed by atoms with E-state index < -0.39 is 5.54 Å². The van der Waals surface area contributed by atoms with Crippen molar-refractivity contribution in [3.63, 3.8) is 0 Å². The number of carbonyl (C=O) groups is 1. The molecule has 4 N–H and O–H groups in total. The first-order valence-electron chi connectivity index (χ1n) is 6.82. The fourth-order valence-electron chi connectivity index (χ4n) is 3.23. The summed E-state index contributed by atoms with van der Waals surface area (Å²) in [6.07, 6.45) is 2.08. The summed E-state index contributed by atoms with van der Waals surface area (Å²) in [6, 6.07) is 0.543. The van der Waals surface area contributed by atoms with Gasteiger partial charge in [0.25, 0.3) is 0 Å². The molecule has 5 nitrogen and oxygen atoms in total. The van der Waals surface area contributed by atoms with E-state index in [2.05, 4.69) is 30.8 Å². The third kappa shape index (κ3) is 2.53. The average Bonchev–Trinajstić information content (AvgIpc) is 3.03. The van der Waals surface area contributed by atoms with E-state index in [1.54, 1.807) is 0 Å². The van der Waals surface area contributed by atoms with E-state index in [9.17, 15) is 4.79 Å². The van der Waals surface area contributed by atoms with Crippen LogP contribution < -0.4 is 11.5 Å². The fraction of sp³-hybridized carbons (Fsp3) is 0.923. The first-order valence-corrected chi connectivity index (χ1v) is 6.82. The van der Waals surface area contributed by atoms with Crippen molar-refractivity contribution in [1.82, 2.24) is 9.80 Å². The number of likely N-dealkylation sites (tertiary alicyclic amines) is 1. The molecule has 1 heterocycles. The Balaban J connectivity index is 1.99. The second-order valence-corrected chi connectivity index (χ2v) is 6.38. The smallest absolute Gasteiger partial charge is 0.239 e. The molecule has 5 heteroatoms. The molecule has 1 aliphatic heterocycles. The molecule has 3 unspecified atom stereocenters. The zero-order valence-electron chi connectivity index (χ0n) is 11.7. The largest absolute Gasteiger partial charge is 0.368 e. The summed E-state index contributed by atoms with van der Waals surface area (Å²) in [5.74, 6) is 0.561. The Hall–Kier alpha value is -0.650. The van der Waals surface area contributed by atoms with Crippen molar-refractivity contribution in [2.75, 3.05) is 33.7 Å². The van der Waals surface area contributed by atoms with Crippen LogP contribution in [0.25, 0.3) is 0 Å². The van der Waals surface area contributed by atoms with E-state index in [0.717, 1.165) is 25.9 Å². The first kappa shape index (κ1) is 13.8. The maximum Gasteiger partial charge on any atom is 0.239 e. The van der Waals surface area contributed by atoms with Gasteiger partial charge in [0.05, 0.1) is 0 Å². The molecule has 104 valence electrons. The number of hydrogen-bond acceptors (Lipinski definition) is 4. The summed E-state index contributed by atoms with van der Waals surface area (Å²) in [5, 5.41) is 0. The fourth-order valence-corrected chi connectivity index (χ4v) is 3.23. The van der Waals surface area contributed by atoms with Crippen molar-refractivity contribution in [3.8, 4) is 0 Å². The summed E-state index contributed by atoms with van der Waals surface area (Å²) in [6.45, 7) is 4.85. The van der Waals surface area contributed by atoms with Gasteiger partial charge in [-0.25, -0.2) is 0 Å². The van der Waals surface area contributed by atoms with Gasteiger partial charge in [0, 0.05) is 25.7 Å². The maximum atomic E-state index is 11.6. The van der Waals surface area contributed by atoms with Crippen LogP contribution in [-0.4, -0.2) is 61.0 Å². The second-order valence-electron chi connectivity index (χ2n) is 6.38. The Labute approximate surface area is 109 Å². The lowest BCUT2D eigenvalue weighted by molar-refractivity contribution is -0.124. The molecular weight excluding hydrogens is 228 g/mol. The van der Waals surface area contributed by atoms with Crippen molar-refractivity contribution < 1.29 is 4.79 Å². The predicted molar refractivity (Wildman–Crippen MR) is 71.9 cm³/mol. The highest BCUT2D eigenvalue weighted by Gasteiger charge is 2.48. The van der Waals surface area contributed by atoms with Crippen LogP contribution >= 0.6 is 0 Å². The molecule has 2 aliphatic rings. The van der Waals surface area contributed by atoms with Gasteiger partial charge < -0.3 is 16.4 Å². The van der Waals surface area contributed by atoms with Crippen LogP contribution in [0, 0.1) is 11.8 Å². The molecular formula is C13H26N4O. The number of nitrogens with two attached hydrogens (primary N) is 2. The van der Waals surface area contributed by atoms with Crippen LogP contribution in [0.15, 0.2) is 0 Å². The summed E-state index contributed by atoms with van der Waals surface area (Å²) >= 11 is 0. The minimum atomic E-state index is -0.819. The molecule has 0 aromatic rings. The van der Waals surface area contributed by atoms with E-state index in [0.29, 0.717) is 24.4 Å².